The minimum Gasteiger partial charge on any atom is -0.324 e. The van der Waals surface area contributed by atoms with Gasteiger partial charge in [0, 0.05) is 6.04 Å². The fourth-order valence-corrected chi connectivity index (χ4v) is 2.38. The van der Waals surface area contributed by atoms with E-state index in [2.05, 4.69) is 26.0 Å². The van der Waals surface area contributed by atoms with E-state index in [0.29, 0.717) is 0 Å². The van der Waals surface area contributed by atoms with Crippen LogP contribution in [0.15, 0.2) is 12.1 Å². The molecule has 2 N–H and O–H groups in total. The molecule has 0 bridgehead atoms. The van der Waals surface area contributed by atoms with Crippen LogP contribution in [0, 0.1) is 13.8 Å². The molecule has 1 nitrogen and oxygen atoms in total. The first-order valence-corrected chi connectivity index (χ1v) is 5.04. The van der Waals surface area contributed by atoms with Crippen molar-refractivity contribution in [3.05, 3.63) is 34.4 Å². The molecule has 70 valence electrons. The molecule has 0 spiro atoms. The van der Waals surface area contributed by atoms with E-state index in [4.69, 9.17) is 5.73 Å². The molecule has 1 unspecified atom stereocenters. The molecule has 0 aliphatic heterocycles. The molecule has 0 fully saturated rings. The van der Waals surface area contributed by atoms with Gasteiger partial charge in [0.25, 0.3) is 0 Å². The first-order valence-electron chi connectivity index (χ1n) is 5.04. The Morgan fingerprint density at radius 2 is 1.92 bits per heavy atom. The summed E-state index contributed by atoms with van der Waals surface area (Å²) in [5, 5.41) is 0. The molecule has 2 rings (SSSR count). The van der Waals surface area contributed by atoms with Crippen molar-refractivity contribution < 1.29 is 0 Å². The van der Waals surface area contributed by atoms with Crippen molar-refractivity contribution >= 4 is 0 Å². The van der Waals surface area contributed by atoms with Crippen molar-refractivity contribution in [1.29, 1.82) is 0 Å². The van der Waals surface area contributed by atoms with Crippen LogP contribution in [0.3, 0.4) is 0 Å². The molecular formula is C12H17N. The van der Waals surface area contributed by atoms with Crippen LogP contribution in [-0.2, 0) is 6.42 Å². The molecule has 0 saturated heterocycles. The van der Waals surface area contributed by atoms with Gasteiger partial charge in [-0.15, -0.1) is 0 Å². The summed E-state index contributed by atoms with van der Waals surface area (Å²) < 4.78 is 0. The van der Waals surface area contributed by atoms with Crippen molar-refractivity contribution in [3.8, 4) is 0 Å². The van der Waals surface area contributed by atoms with Gasteiger partial charge in [0.05, 0.1) is 0 Å². The third-order valence-electron chi connectivity index (χ3n) is 3.12. The number of aryl methyl sites for hydroxylation is 2. The zero-order chi connectivity index (χ0) is 9.42. The maximum atomic E-state index is 6.12. The van der Waals surface area contributed by atoms with Gasteiger partial charge in [0.1, 0.15) is 0 Å². The van der Waals surface area contributed by atoms with Gasteiger partial charge < -0.3 is 5.73 Å². The summed E-state index contributed by atoms with van der Waals surface area (Å²) in [5.74, 6) is 0. The van der Waals surface area contributed by atoms with E-state index < -0.39 is 0 Å². The maximum Gasteiger partial charge on any atom is 0.0300 e. The number of fused-ring (bicyclic) bond motifs is 1. The number of benzene rings is 1. The lowest BCUT2D eigenvalue weighted by molar-refractivity contribution is 0.565. The van der Waals surface area contributed by atoms with Gasteiger partial charge in [-0.05, 0) is 55.4 Å². The van der Waals surface area contributed by atoms with E-state index >= 15 is 0 Å². The number of nitrogens with two attached hydrogens (primary N) is 1. The average molecular weight is 175 g/mol. The van der Waals surface area contributed by atoms with Crippen LogP contribution in [0.1, 0.15) is 41.1 Å². The van der Waals surface area contributed by atoms with Crippen LogP contribution in [0.5, 0.6) is 0 Å². The van der Waals surface area contributed by atoms with E-state index in [1.54, 1.807) is 0 Å². The third-order valence-corrected chi connectivity index (χ3v) is 3.12. The summed E-state index contributed by atoms with van der Waals surface area (Å²) in [6.45, 7) is 4.36. The lowest BCUT2D eigenvalue weighted by Crippen LogP contribution is -2.19. The summed E-state index contributed by atoms with van der Waals surface area (Å²) in [7, 11) is 0. The fourth-order valence-electron chi connectivity index (χ4n) is 2.38. The van der Waals surface area contributed by atoms with Gasteiger partial charge in [-0.1, -0.05) is 12.1 Å². The van der Waals surface area contributed by atoms with E-state index in [1.165, 1.54) is 35.1 Å². The lowest BCUT2D eigenvalue weighted by atomic mass is 9.83. The molecule has 1 aromatic rings. The topological polar surface area (TPSA) is 26.0 Å². The van der Waals surface area contributed by atoms with Crippen molar-refractivity contribution in [1.82, 2.24) is 0 Å². The van der Waals surface area contributed by atoms with Gasteiger partial charge in [0.15, 0.2) is 0 Å². The highest BCUT2D eigenvalue weighted by Gasteiger charge is 2.19. The van der Waals surface area contributed by atoms with Gasteiger partial charge in [0.2, 0.25) is 0 Å². The first-order chi connectivity index (χ1) is 6.20. The fraction of sp³-hybridized carbons (Fsp3) is 0.500. The largest absolute Gasteiger partial charge is 0.324 e. The highest BCUT2D eigenvalue weighted by Crippen LogP contribution is 2.32. The number of hydrogen-bond donors (Lipinski definition) is 1. The SMILES string of the molecule is Cc1ccc(C)c2c1CCCC2N. The highest BCUT2D eigenvalue weighted by molar-refractivity contribution is 5.43. The quantitative estimate of drug-likeness (QED) is 0.644. The third kappa shape index (κ3) is 1.37. The van der Waals surface area contributed by atoms with Crippen LogP contribution in [0.2, 0.25) is 0 Å². The second-order valence-electron chi connectivity index (χ2n) is 4.09. The molecule has 0 radical (unpaired) electrons. The van der Waals surface area contributed by atoms with E-state index in [9.17, 15) is 0 Å². The standard InChI is InChI=1S/C12H17N/c1-8-6-7-9(2)12-10(8)4-3-5-11(12)13/h6-7,11H,3-5,13H2,1-2H3. The van der Waals surface area contributed by atoms with Crippen molar-refractivity contribution in [2.45, 2.75) is 39.2 Å². The molecule has 0 saturated carbocycles. The van der Waals surface area contributed by atoms with Gasteiger partial charge in [-0.2, -0.15) is 0 Å². The Labute approximate surface area is 80.0 Å². The monoisotopic (exact) mass is 175 g/mol. The van der Waals surface area contributed by atoms with Crippen molar-refractivity contribution in [3.63, 3.8) is 0 Å². The Bertz CT molecular complexity index is 328. The van der Waals surface area contributed by atoms with Crippen LogP contribution in [0.25, 0.3) is 0 Å². The predicted octanol–water partition coefficient (Wildman–Crippen LogP) is 2.64. The normalized spacial score (nSPS) is 21.3. The van der Waals surface area contributed by atoms with E-state index in [0.717, 1.165) is 6.42 Å². The Morgan fingerprint density at radius 1 is 1.23 bits per heavy atom. The zero-order valence-electron chi connectivity index (χ0n) is 8.43. The molecule has 1 aromatic carbocycles. The Balaban J connectivity index is 2.60. The second kappa shape index (κ2) is 3.15. The second-order valence-corrected chi connectivity index (χ2v) is 4.09. The summed E-state index contributed by atoms with van der Waals surface area (Å²) in [4.78, 5) is 0. The Morgan fingerprint density at radius 3 is 2.62 bits per heavy atom. The smallest absolute Gasteiger partial charge is 0.0300 e. The molecule has 0 aromatic heterocycles. The summed E-state index contributed by atoms with van der Waals surface area (Å²) >= 11 is 0. The lowest BCUT2D eigenvalue weighted by Gasteiger charge is -2.25. The van der Waals surface area contributed by atoms with Crippen molar-refractivity contribution in [2.24, 2.45) is 5.73 Å². The van der Waals surface area contributed by atoms with Gasteiger partial charge in [-0.25, -0.2) is 0 Å². The molecule has 1 heteroatoms. The predicted molar refractivity (Wildman–Crippen MR) is 55.8 cm³/mol. The van der Waals surface area contributed by atoms with Gasteiger partial charge in [-0.3, -0.25) is 0 Å². The Hall–Kier alpha value is -0.820. The molecule has 1 aliphatic carbocycles. The molecule has 13 heavy (non-hydrogen) atoms. The van der Waals surface area contributed by atoms with Gasteiger partial charge >= 0.3 is 0 Å². The zero-order valence-corrected chi connectivity index (χ0v) is 8.43. The van der Waals surface area contributed by atoms with Crippen LogP contribution in [0.4, 0.5) is 0 Å². The number of rotatable bonds is 0. The summed E-state index contributed by atoms with van der Waals surface area (Å²) in [6.07, 6.45) is 3.62. The Kier molecular flexibility index (Phi) is 2.12. The van der Waals surface area contributed by atoms with E-state index in [-0.39, 0.29) is 6.04 Å². The minimum atomic E-state index is 0.281. The first kappa shape index (κ1) is 8.76. The molecule has 1 atom stereocenters. The van der Waals surface area contributed by atoms with Crippen molar-refractivity contribution in [2.75, 3.05) is 0 Å². The maximum absolute atomic E-state index is 6.12. The minimum absolute atomic E-state index is 0.281. The van der Waals surface area contributed by atoms with Crippen LogP contribution < -0.4 is 5.73 Å². The van der Waals surface area contributed by atoms with Crippen LogP contribution in [-0.4, -0.2) is 0 Å². The number of hydrogen-bond acceptors (Lipinski definition) is 1. The summed E-state index contributed by atoms with van der Waals surface area (Å²) in [5.41, 5.74) is 11.8. The van der Waals surface area contributed by atoms with E-state index in [1.807, 2.05) is 0 Å². The molecule has 0 heterocycles. The molecular weight excluding hydrogens is 158 g/mol. The molecule has 0 amide bonds. The van der Waals surface area contributed by atoms with Crippen LogP contribution >= 0.6 is 0 Å². The highest BCUT2D eigenvalue weighted by atomic mass is 14.6. The molecule has 1 aliphatic rings. The average Bonchev–Trinajstić information content (AvgIpc) is 2.12. The summed E-state index contributed by atoms with van der Waals surface area (Å²) in [6, 6.07) is 4.69.